The van der Waals surface area contributed by atoms with E-state index in [4.69, 9.17) is 0 Å². The van der Waals surface area contributed by atoms with Crippen molar-refractivity contribution in [2.24, 2.45) is 0 Å². The van der Waals surface area contributed by atoms with E-state index in [1.165, 1.54) is 0 Å². The summed E-state index contributed by atoms with van der Waals surface area (Å²) in [7, 11) is 3.89. The fourth-order valence-electron chi connectivity index (χ4n) is 2.24. The average molecular weight is 280 g/mol. The van der Waals surface area contributed by atoms with Gasteiger partial charge in [-0.25, -0.2) is 4.98 Å². The number of H-pyrrole nitrogens is 1. The number of carbonyl (C=O) groups is 1. The number of aromatic amines is 1. The minimum absolute atomic E-state index is 0.138. The Hall–Kier alpha value is -2.82. The van der Waals surface area contributed by atoms with Gasteiger partial charge < -0.3 is 15.2 Å². The summed E-state index contributed by atoms with van der Waals surface area (Å²) in [5, 5.41) is 2.95. The molecule has 1 aromatic heterocycles. The fraction of sp³-hybridized carbons (Fsp3) is 0.125. The van der Waals surface area contributed by atoms with Crippen LogP contribution in [0.25, 0.3) is 11.0 Å². The third-order valence-electron chi connectivity index (χ3n) is 3.32. The van der Waals surface area contributed by atoms with Gasteiger partial charge >= 0.3 is 0 Å². The first-order valence-electron chi connectivity index (χ1n) is 6.66. The standard InChI is InChI=1S/C16H16N4O/c1-20(2)15-6-4-3-5-13(15)19-16(21)11-7-8-12-14(9-11)18-10-17-12/h3-10H,1-2H3,(H,17,18)(H,19,21). The Bertz CT molecular complexity index is 792. The number of benzene rings is 2. The molecule has 0 aliphatic heterocycles. The van der Waals surface area contributed by atoms with Crippen LogP contribution in [0.2, 0.25) is 0 Å². The molecule has 2 aromatic carbocycles. The van der Waals surface area contributed by atoms with Crippen molar-refractivity contribution in [3.05, 3.63) is 54.4 Å². The quantitative estimate of drug-likeness (QED) is 0.775. The number of amides is 1. The van der Waals surface area contributed by atoms with Gasteiger partial charge in [-0.3, -0.25) is 4.79 Å². The molecule has 21 heavy (non-hydrogen) atoms. The van der Waals surface area contributed by atoms with E-state index in [1.54, 1.807) is 18.5 Å². The Kier molecular flexibility index (Phi) is 3.31. The molecule has 1 amide bonds. The number of hydrogen-bond donors (Lipinski definition) is 2. The van der Waals surface area contributed by atoms with Gasteiger partial charge in [0.15, 0.2) is 0 Å². The summed E-state index contributed by atoms with van der Waals surface area (Å²) in [4.78, 5) is 21.5. The smallest absolute Gasteiger partial charge is 0.255 e. The number of imidazole rings is 1. The Labute approximate surface area is 122 Å². The molecule has 0 aliphatic carbocycles. The molecule has 1 heterocycles. The molecule has 0 saturated carbocycles. The van der Waals surface area contributed by atoms with Crippen LogP contribution in [0, 0.1) is 0 Å². The summed E-state index contributed by atoms with van der Waals surface area (Å²) in [6.45, 7) is 0. The van der Waals surface area contributed by atoms with Gasteiger partial charge in [-0.1, -0.05) is 12.1 Å². The first kappa shape index (κ1) is 13.2. The first-order valence-corrected chi connectivity index (χ1v) is 6.66. The average Bonchev–Trinajstić information content (AvgIpc) is 2.94. The SMILES string of the molecule is CN(C)c1ccccc1NC(=O)c1ccc2nc[nH]c2c1. The highest BCUT2D eigenvalue weighted by Gasteiger charge is 2.11. The van der Waals surface area contributed by atoms with Crippen LogP contribution in [0.1, 0.15) is 10.4 Å². The predicted octanol–water partition coefficient (Wildman–Crippen LogP) is 2.88. The highest BCUT2D eigenvalue weighted by atomic mass is 16.1. The second kappa shape index (κ2) is 5.28. The number of rotatable bonds is 3. The van der Waals surface area contributed by atoms with Gasteiger partial charge in [0.2, 0.25) is 0 Å². The summed E-state index contributed by atoms with van der Waals surface area (Å²) < 4.78 is 0. The Balaban J connectivity index is 1.89. The first-order chi connectivity index (χ1) is 10.1. The molecule has 3 rings (SSSR count). The van der Waals surface area contributed by atoms with Gasteiger partial charge in [0.25, 0.3) is 5.91 Å². The maximum atomic E-state index is 12.4. The van der Waals surface area contributed by atoms with Crippen LogP contribution < -0.4 is 10.2 Å². The van der Waals surface area contributed by atoms with Crippen molar-refractivity contribution in [1.29, 1.82) is 0 Å². The number of fused-ring (bicyclic) bond motifs is 1. The highest BCUT2D eigenvalue weighted by molar-refractivity contribution is 6.07. The minimum Gasteiger partial charge on any atom is -0.376 e. The number of aromatic nitrogens is 2. The van der Waals surface area contributed by atoms with Crippen LogP contribution in [-0.2, 0) is 0 Å². The highest BCUT2D eigenvalue weighted by Crippen LogP contribution is 2.24. The summed E-state index contributed by atoms with van der Waals surface area (Å²) in [6, 6.07) is 13.1. The van der Waals surface area contributed by atoms with Crippen LogP contribution >= 0.6 is 0 Å². The molecule has 3 aromatic rings. The monoisotopic (exact) mass is 280 g/mol. The Morgan fingerprint density at radius 2 is 2.00 bits per heavy atom. The molecular weight excluding hydrogens is 264 g/mol. The molecule has 0 fully saturated rings. The van der Waals surface area contributed by atoms with Crippen molar-refractivity contribution >= 4 is 28.3 Å². The van der Waals surface area contributed by atoms with Gasteiger partial charge in [-0.2, -0.15) is 0 Å². The number of para-hydroxylation sites is 2. The normalized spacial score (nSPS) is 10.6. The lowest BCUT2D eigenvalue weighted by atomic mass is 10.1. The molecule has 5 nitrogen and oxygen atoms in total. The molecule has 0 radical (unpaired) electrons. The van der Waals surface area contributed by atoms with E-state index in [0.717, 1.165) is 22.4 Å². The van der Waals surface area contributed by atoms with Crippen molar-refractivity contribution in [2.45, 2.75) is 0 Å². The second-order valence-corrected chi connectivity index (χ2v) is 5.00. The van der Waals surface area contributed by atoms with Crippen LogP contribution in [-0.4, -0.2) is 30.0 Å². The van der Waals surface area contributed by atoms with Gasteiger partial charge in [0, 0.05) is 19.7 Å². The van der Waals surface area contributed by atoms with E-state index >= 15 is 0 Å². The Morgan fingerprint density at radius 3 is 2.81 bits per heavy atom. The van der Waals surface area contributed by atoms with Crippen molar-refractivity contribution in [1.82, 2.24) is 9.97 Å². The summed E-state index contributed by atoms with van der Waals surface area (Å²) >= 11 is 0. The maximum absolute atomic E-state index is 12.4. The van der Waals surface area contributed by atoms with E-state index in [1.807, 2.05) is 49.3 Å². The molecule has 0 atom stereocenters. The molecule has 0 saturated heterocycles. The topological polar surface area (TPSA) is 61.0 Å². The van der Waals surface area contributed by atoms with Crippen molar-refractivity contribution in [3.8, 4) is 0 Å². The lowest BCUT2D eigenvalue weighted by Crippen LogP contribution is -2.16. The van der Waals surface area contributed by atoms with Gasteiger partial charge in [-0.15, -0.1) is 0 Å². The largest absolute Gasteiger partial charge is 0.376 e. The fourth-order valence-corrected chi connectivity index (χ4v) is 2.24. The van der Waals surface area contributed by atoms with E-state index in [9.17, 15) is 4.79 Å². The number of hydrogen-bond acceptors (Lipinski definition) is 3. The molecule has 2 N–H and O–H groups in total. The third kappa shape index (κ3) is 2.58. The number of nitrogens with one attached hydrogen (secondary N) is 2. The number of anilines is 2. The van der Waals surface area contributed by atoms with Crippen LogP contribution in [0.5, 0.6) is 0 Å². The van der Waals surface area contributed by atoms with Crippen LogP contribution in [0.3, 0.4) is 0 Å². The summed E-state index contributed by atoms with van der Waals surface area (Å²) in [5.74, 6) is -0.138. The molecule has 0 bridgehead atoms. The second-order valence-electron chi connectivity index (χ2n) is 5.00. The zero-order valence-corrected chi connectivity index (χ0v) is 11.9. The maximum Gasteiger partial charge on any atom is 0.255 e. The molecule has 106 valence electrons. The molecular formula is C16H16N4O. The predicted molar refractivity (Wildman–Crippen MR) is 84.8 cm³/mol. The summed E-state index contributed by atoms with van der Waals surface area (Å²) in [6.07, 6.45) is 1.62. The molecule has 0 spiro atoms. The van der Waals surface area contributed by atoms with E-state index in [0.29, 0.717) is 5.56 Å². The minimum atomic E-state index is -0.138. The molecule has 0 unspecified atom stereocenters. The lowest BCUT2D eigenvalue weighted by Gasteiger charge is -2.17. The van der Waals surface area contributed by atoms with Gasteiger partial charge in [0.05, 0.1) is 28.7 Å². The van der Waals surface area contributed by atoms with E-state index < -0.39 is 0 Å². The van der Waals surface area contributed by atoms with Crippen molar-refractivity contribution < 1.29 is 4.79 Å². The van der Waals surface area contributed by atoms with E-state index in [2.05, 4.69) is 15.3 Å². The van der Waals surface area contributed by atoms with Crippen LogP contribution in [0.15, 0.2) is 48.8 Å². The van der Waals surface area contributed by atoms with E-state index in [-0.39, 0.29) is 5.91 Å². The zero-order chi connectivity index (χ0) is 14.8. The number of carbonyl (C=O) groups excluding carboxylic acids is 1. The Morgan fingerprint density at radius 1 is 1.19 bits per heavy atom. The molecule has 0 aliphatic rings. The zero-order valence-electron chi connectivity index (χ0n) is 11.9. The third-order valence-corrected chi connectivity index (χ3v) is 3.32. The molecule has 5 heteroatoms. The summed E-state index contributed by atoms with van der Waals surface area (Å²) in [5.41, 5.74) is 4.05. The van der Waals surface area contributed by atoms with Crippen molar-refractivity contribution in [2.75, 3.05) is 24.3 Å². The van der Waals surface area contributed by atoms with Gasteiger partial charge in [-0.05, 0) is 30.3 Å². The number of nitrogens with zero attached hydrogens (tertiary/aromatic N) is 2. The van der Waals surface area contributed by atoms with Gasteiger partial charge in [0.1, 0.15) is 0 Å². The van der Waals surface area contributed by atoms with Crippen molar-refractivity contribution in [3.63, 3.8) is 0 Å². The lowest BCUT2D eigenvalue weighted by molar-refractivity contribution is 0.102. The van der Waals surface area contributed by atoms with Crippen LogP contribution in [0.4, 0.5) is 11.4 Å².